The van der Waals surface area contributed by atoms with Crippen LogP contribution in [0.5, 0.6) is 0 Å². The van der Waals surface area contributed by atoms with Gasteiger partial charge in [-0.3, -0.25) is 0 Å². The zero-order valence-corrected chi connectivity index (χ0v) is 6.92. The van der Waals surface area contributed by atoms with Gasteiger partial charge in [-0.1, -0.05) is 34.8 Å². The maximum absolute atomic E-state index is 8.40. The highest BCUT2D eigenvalue weighted by atomic mass is 35.6. The zero-order valence-electron chi connectivity index (χ0n) is 4.65. The Morgan fingerprint density at radius 1 is 1.44 bits per heavy atom. The molecule has 1 unspecified atom stereocenters. The molecule has 56 valence electrons. The Kier molecular flexibility index (Phi) is 4.17. The fourth-order valence-electron chi connectivity index (χ4n) is 0.362. The topological polar surface area (TPSA) is 46.2 Å². The first kappa shape index (κ1) is 9.79. The van der Waals surface area contributed by atoms with Gasteiger partial charge in [-0.25, -0.2) is 0 Å². The maximum Gasteiger partial charge on any atom is 0.192 e. The number of hydrogen-bond donors (Lipinski definition) is 2. The van der Waals surface area contributed by atoms with Gasteiger partial charge < -0.3 is 10.8 Å². The number of nitrogens with two attached hydrogens (primary N) is 1. The van der Waals surface area contributed by atoms with Crippen LogP contribution in [0.15, 0.2) is 0 Å². The smallest absolute Gasteiger partial charge is 0.192 e. The molecule has 3 N–H and O–H groups in total. The van der Waals surface area contributed by atoms with E-state index in [9.17, 15) is 0 Å². The summed E-state index contributed by atoms with van der Waals surface area (Å²) in [6, 6.07) is -0.447. The van der Waals surface area contributed by atoms with Crippen molar-refractivity contribution in [3.05, 3.63) is 0 Å². The van der Waals surface area contributed by atoms with Gasteiger partial charge in [0, 0.05) is 12.5 Å². The number of alkyl halides is 3. The molecule has 1 atom stereocenters. The second-order valence-corrected chi connectivity index (χ2v) is 4.28. The third kappa shape index (κ3) is 6.68. The highest BCUT2D eigenvalue weighted by Crippen LogP contribution is 2.30. The molecule has 0 bridgehead atoms. The molecule has 0 aromatic heterocycles. The van der Waals surface area contributed by atoms with E-state index in [4.69, 9.17) is 45.6 Å². The van der Waals surface area contributed by atoms with Gasteiger partial charge in [-0.15, -0.1) is 0 Å². The Labute approximate surface area is 68.9 Å². The molecule has 0 spiro atoms. The molecule has 0 aromatic carbocycles. The first-order valence-corrected chi connectivity index (χ1v) is 3.52. The molecule has 0 radical (unpaired) electrons. The van der Waals surface area contributed by atoms with Gasteiger partial charge in [-0.2, -0.15) is 0 Å². The fourth-order valence-corrected chi connectivity index (χ4v) is 0.956. The lowest BCUT2D eigenvalue weighted by molar-refractivity contribution is 0.261. The molecule has 0 rings (SSSR count). The van der Waals surface area contributed by atoms with Gasteiger partial charge in [0.25, 0.3) is 0 Å². The molecule has 9 heavy (non-hydrogen) atoms. The summed E-state index contributed by atoms with van der Waals surface area (Å²) in [6.45, 7) is -0.159. The first-order valence-electron chi connectivity index (χ1n) is 2.39. The van der Waals surface area contributed by atoms with Crippen LogP contribution in [-0.2, 0) is 0 Å². The van der Waals surface area contributed by atoms with Crippen molar-refractivity contribution in [2.45, 2.75) is 16.3 Å². The van der Waals surface area contributed by atoms with Crippen LogP contribution in [0, 0.1) is 0 Å². The lowest BCUT2D eigenvalue weighted by Crippen LogP contribution is -2.29. The lowest BCUT2D eigenvalue weighted by Gasteiger charge is -2.14. The van der Waals surface area contributed by atoms with Crippen LogP contribution in [0.4, 0.5) is 0 Å². The first-order chi connectivity index (χ1) is 3.95. The second-order valence-electron chi connectivity index (χ2n) is 1.76. The highest BCUT2D eigenvalue weighted by Gasteiger charge is 2.22. The molecule has 0 aliphatic carbocycles. The van der Waals surface area contributed by atoms with Crippen molar-refractivity contribution in [1.29, 1.82) is 0 Å². The molecule has 0 amide bonds. The van der Waals surface area contributed by atoms with E-state index in [0.717, 1.165) is 0 Å². The molecule has 0 fully saturated rings. The van der Waals surface area contributed by atoms with Crippen molar-refractivity contribution in [2.75, 3.05) is 6.61 Å². The minimum atomic E-state index is -1.35. The Morgan fingerprint density at radius 3 is 2.00 bits per heavy atom. The third-order valence-corrected chi connectivity index (χ3v) is 1.19. The quantitative estimate of drug-likeness (QED) is 0.643. The third-order valence-electron chi connectivity index (χ3n) is 0.728. The molecular formula is C4H8Cl3NO. The summed E-state index contributed by atoms with van der Waals surface area (Å²) in [6.07, 6.45) is 0.175. The summed E-state index contributed by atoms with van der Waals surface area (Å²) in [5, 5.41) is 8.40. The van der Waals surface area contributed by atoms with Crippen LogP contribution >= 0.6 is 34.8 Å². The largest absolute Gasteiger partial charge is 0.395 e. The fraction of sp³-hybridized carbons (Fsp3) is 1.00. The van der Waals surface area contributed by atoms with E-state index < -0.39 is 9.83 Å². The number of halogens is 3. The molecule has 0 saturated heterocycles. The van der Waals surface area contributed by atoms with E-state index >= 15 is 0 Å². The monoisotopic (exact) mass is 191 g/mol. The number of aliphatic hydroxyl groups excluding tert-OH is 1. The van der Waals surface area contributed by atoms with Crippen LogP contribution in [-0.4, -0.2) is 21.5 Å². The summed E-state index contributed by atoms with van der Waals surface area (Å²) in [4.78, 5) is 0. The summed E-state index contributed by atoms with van der Waals surface area (Å²) in [5.41, 5.74) is 5.26. The summed E-state index contributed by atoms with van der Waals surface area (Å²) in [5.74, 6) is 0. The molecule has 2 nitrogen and oxygen atoms in total. The molecule has 0 aliphatic heterocycles. The van der Waals surface area contributed by atoms with Crippen LogP contribution in [0.25, 0.3) is 0 Å². The van der Waals surface area contributed by atoms with E-state index in [1.807, 2.05) is 0 Å². The normalized spacial score (nSPS) is 15.7. The average molecular weight is 192 g/mol. The molecular weight excluding hydrogens is 184 g/mol. The Morgan fingerprint density at radius 2 is 1.89 bits per heavy atom. The number of hydrogen-bond acceptors (Lipinski definition) is 2. The predicted molar refractivity (Wildman–Crippen MR) is 40.0 cm³/mol. The van der Waals surface area contributed by atoms with Gasteiger partial charge in [0.2, 0.25) is 0 Å². The molecule has 0 saturated carbocycles. The van der Waals surface area contributed by atoms with Gasteiger partial charge >= 0.3 is 0 Å². The minimum Gasteiger partial charge on any atom is -0.395 e. The van der Waals surface area contributed by atoms with Gasteiger partial charge in [0.15, 0.2) is 3.79 Å². The van der Waals surface area contributed by atoms with Crippen molar-refractivity contribution < 1.29 is 5.11 Å². The van der Waals surface area contributed by atoms with Crippen molar-refractivity contribution in [1.82, 2.24) is 0 Å². The van der Waals surface area contributed by atoms with Crippen LogP contribution < -0.4 is 5.73 Å². The molecule has 0 heterocycles. The van der Waals surface area contributed by atoms with Gasteiger partial charge in [0.05, 0.1) is 6.61 Å². The van der Waals surface area contributed by atoms with Gasteiger partial charge in [0.1, 0.15) is 0 Å². The van der Waals surface area contributed by atoms with Crippen molar-refractivity contribution >= 4 is 34.8 Å². The van der Waals surface area contributed by atoms with E-state index in [1.54, 1.807) is 0 Å². The van der Waals surface area contributed by atoms with Crippen molar-refractivity contribution in [2.24, 2.45) is 5.73 Å². The molecule has 0 aliphatic rings. The zero-order chi connectivity index (χ0) is 7.49. The second kappa shape index (κ2) is 3.84. The number of rotatable bonds is 2. The van der Waals surface area contributed by atoms with E-state index in [2.05, 4.69) is 0 Å². The van der Waals surface area contributed by atoms with E-state index in [0.29, 0.717) is 0 Å². The summed E-state index contributed by atoms with van der Waals surface area (Å²) >= 11 is 16.0. The number of aliphatic hydroxyl groups is 1. The average Bonchev–Trinajstić information content (AvgIpc) is 1.62. The highest BCUT2D eigenvalue weighted by molar-refractivity contribution is 6.67. The maximum atomic E-state index is 8.40. The predicted octanol–water partition coefficient (Wildman–Crippen LogP) is 1.07. The van der Waals surface area contributed by atoms with Crippen LogP contribution in [0.3, 0.4) is 0 Å². The standard InChI is InChI=1S/C4H8Cl3NO/c5-4(6,7)1-3(8)2-9/h3,9H,1-2,8H2. The Balaban J connectivity index is 3.47. The summed E-state index contributed by atoms with van der Waals surface area (Å²) in [7, 11) is 0. The van der Waals surface area contributed by atoms with Crippen molar-refractivity contribution in [3.8, 4) is 0 Å². The van der Waals surface area contributed by atoms with Crippen LogP contribution in [0.2, 0.25) is 0 Å². The van der Waals surface area contributed by atoms with Gasteiger partial charge in [-0.05, 0) is 0 Å². The Bertz CT molecular complexity index is 82.4. The van der Waals surface area contributed by atoms with Crippen molar-refractivity contribution in [3.63, 3.8) is 0 Å². The lowest BCUT2D eigenvalue weighted by atomic mass is 10.2. The molecule has 5 heteroatoms. The van der Waals surface area contributed by atoms with Crippen LogP contribution in [0.1, 0.15) is 6.42 Å². The van der Waals surface area contributed by atoms with E-state index in [-0.39, 0.29) is 13.0 Å². The SMILES string of the molecule is NC(CO)CC(Cl)(Cl)Cl. The molecule has 0 aromatic rings. The minimum absolute atomic E-state index is 0.159. The van der Waals surface area contributed by atoms with E-state index in [1.165, 1.54) is 0 Å². The Hall–Kier alpha value is 0.790. The summed E-state index contributed by atoms with van der Waals surface area (Å²) < 4.78 is -1.35.